The summed E-state index contributed by atoms with van der Waals surface area (Å²) in [7, 11) is 0. The summed E-state index contributed by atoms with van der Waals surface area (Å²) in [5.74, 6) is 2.43. The molecule has 0 fully saturated rings. The van der Waals surface area contributed by atoms with E-state index in [0.717, 1.165) is 12.8 Å². The highest BCUT2D eigenvalue weighted by Crippen LogP contribution is 1.98. The molecule has 52 valence electrons. The molecule has 0 N–H and O–H groups in total. The van der Waals surface area contributed by atoms with Crippen molar-refractivity contribution in [3.8, 4) is 12.3 Å². The monoisotopic (exact) mass is 126 g/mol. The molecule has 0 radical (unpaired) electrons. The van der Waals surface area contributed by atoms with E-state index in [9.17, 15) is 0 Å². The first-order valence-corrected chi connectivity index (χ1v) is 3.36. The van der Waals surface area contributed by atoms with Crippen molar-refractivity contribution in [3.63, 3.8) is 0 Å². The van der Waals surface area contributed by atoms with Crippen LogP contribution in [-0.4, -0.2) is 12.7 Å². The van der Waals surface area contributed by atoms with Crippen LogP contribution in [0, 0.1) is 12.3 Å². The molecule has 0 heterocycles. The molecule has 0 bridgehead atoms. The third-order valence-electron chi connectivity index (χ3n) is 1.15. The average molecular weight is 126 g/mol. The van der Waals surface area contributed by atoms with Crippen LogP contribution in [0.1, 0.15) is 26.7 Å². The molecule has 0 aromatic carbocycles. The second-order valence-corrected chi connectivity index (χ2v) is 2.11. The quantitative estimate of drug-likeness (QED) is 0.522. The molecule has 0 rings (SSSR count). The van der Waals surface area contributed by atoms with Gasteiger partial charge in [-0.05, 0) is 13.3 Å². The summed E-state index contributed by atoms with van der Waals surface area (Å²) in [5.41, 5.74) is 0. The zero-order valence-electron chi connectivity index (χ0n) is 6.18. The molecular weight excluding hydrogens is 112 g/mol. The normalized spacial score (nSPS) is 12.6. The first-order valence-electron chi connectivity index (χ1n) is 3.36. The molecule has 1 unspecified atom stereocenters. The lowest BCUT2D eigenvalue weighted by Crippen LogP contribution is -2.07. The largest absolute Gasteiger partial charge is 0.366 e. The van der Waals surface area contributed by atoms with Crippen LogP contribution in [0.4, 0.5) is 0 Å². The van der Waals surface area contributed by atoms with Crippen molar-refractivity contribution >= 4 is 0 Å². The average Bonchev–Trinajstić information content (AvgIpc) is 1.85. The highest BCUT2D eigenvalue weighted by molar-refractivity contribution is 4.83. The van der Waals surface area contributed by atoms with Crippen molar-refractivity contribution in [2.24, 2.45) is 0 Å². The van der Waals surface area contributed by atoms with Gasteiger partial charge in [0.25, 0.3) is 0 Å². The zero-order chi connectivity index (χ0) is 7.11. The summed E-state index contributed by atoms with van der Waals surface area (Å²) in [5, 5.41) is 0. The van der Waals surface area contributed by atoms with Gasteiger partial charge in [0, 0.05) is 0 Å². The van der Waals surface area contributed by atoms with Gasteiger partial charge in [-0.2, -0.15) is 0 Å². The van der Waals surface area contributed by atoms with E-state index in [4.69, 9.17) is 11.2 Å². The summed E-state index contributed by atoms with van der Waals surface area (Å²) in [4.78, 5) is 0. The van der Waals surface area contributed by atoms with E-state index in [1.807, 2.05) is 6.92 Å². The van der Waals surface area contributed by atoms with Gasteiger partial charge in [0.2, 0.25) is 0 Å². The molecule has 0 saturated heterocycles. The Morgan fingerprint density at radius 3 is 2.78 bits per heavy atom. The predicted molar refractivity (Wildman–Crippen MR) is 39.2 cm³/mol. The van der Waals surface area contributed by atoms with Crippen LogP contribution in [0.3, 0.4) is 0 Å². The summed E-state index contributed by atoms with van der Waals surface area (Å²) in [6.07, 6.45) is 7.58. The number of ether oxygens (including phenoxy) is 1. The molecule has 0 saturated carbocycles. The van der Waals surface area contributed by atoms with E-state index in [-0.39, 0.29) is 0 Å². The van der Waals surface area contributed by atoms with Gasteiger partial charge in [-0.3, -0.25) is 0 Å². The number of terminal acetylenes is 1. The number of rotatable bonds is 4. The van der Waals surface area contributed by atoms with Crippen molar-refractivity contribution in [3.05, 3.63) is 0 Å². The first-order chi connectivity index (χ1) is 4.31. The SMILES string of the molecule is C#CCOC(C)CCC. The minimum atomic E-state index is 0.325. The zero-order valence-corrected chi connectivity index (χ0v) is 6.18. The van der Waals surface area contributed by atoms with E-state index in [2.05, 4.69) is 12.8 Å². The Morgan fingerprint density at radius 2 is 2.33 bits per heavy atom. The van der Waals surface area contributed by atoms with Crippen LogP contribution in [0.2, 0.25) is 0 Å². The first kappa shape index (κ1) is 8.52. The maximum absolute atomic E-state index is 5.20. The fourth-order valence-corrected chi connectivity index (χ4v) is 0.680. The lowest BCUT2D eigenvalue weighted by molar-refractivity contribution is 0.0851. The van der Waals surface area contributed by atoms with Gasteiger partial charge >= 0.3 is 0 Å². The molecule has 0 aliphatic heterocycles. The van der Waals surface area contributed by atoms with Gasteiger partial charge in [-0.15, -0.1) is 6.42 Å². The minimum absolute atomic E-state index is 0.325. The van der Waals surface area contributed by atoms with Gasteiger partial charge in [0.05, 0.1) is 6.10 Å². The third-order valence-corrected chi connectivity index (χ3v) is 1.15. The van der Waals surface area contributed by atoms with E-state index in [1.54, 1.807) is 0 Å². The Kier molecular flexibility index (Phi) is 5.35. The molecule has 0 spiro atoms. The summed E-state index contributed by atoms with van der Waals surface area (Å²) < 4.78 is 5.20. The lowest BCUT2D eigenvalue weighted by atomic mass is 10.2. The Bertz CT molecular complexity index is 91.2. The smallest absolute Gasteiger partial charge is 0.107 e. The van der Waals surface area contributed by atoms with Gasteiger partial charge in [0.1, 0.15) is 6.61 Å². The predicted octanol–water partition coefficient (Wildman–Crippen LogP) is 1.82. The van der Waals surface area contributed by atoms with Crippen molar-refractivity contribution in [2.45, 2.75) is 32.8 Å². The number of hydrogen-bond donors (Lipinski definition) is 0. The van der Waals surface area contributed by atoms with Crippen molar-refractivity contribution in [1.82, 2.24) is 0 Å². The maximum atomic E-state index is 5.20. The van der Waals surface area contributed by atoms with Crippen LogP contribution in [-0.2, 0) is 4.74 Å². The van der Waals surface area contributed by atoms with Crippen molar-refractivity contribution < 1.29 is 4.74 Å². The topological polar surface area (TPSA) is 9.23 Å². The Balaban J connectivity index is 3.07. The van der Waals surface area contributed by atoms with Crippen molar-refractivity contribution in [1.29, 1.82) is 0 Å². The lowest BCUT2D eigenvalue weighted by Gasteiger charge is -2.07. The maximum Gasteiger partial charge on any atom is 0.107 e. The van der Waals surface area contributed by atoms with Gasteiger partial charge in [-0.25, -0.2) is 0 Å². The second-order valence-electron chi connectivity index (χ2n) is 2.11. The second kappa shape index (κ2) is 5.65. The van der Waals surface area contributed by atoms with Crippen LogP contribution < -0.4 is 0 Å². The van der Waals surface area contributed by atoms with Crippen LogP contribution in [0.5, 0.6) is 0 Å². The molecule has 0 aromatic rings. The Labute approximate surface area is 57.4 Å². The van der Waals surface area contributed by atoms with Crippen molar-refractivity contribution in [2.75, 3.05) is 6.61 Å². The molecule has 1 nitrogen and oxygen atoms in total. The van der Waals surface area contributed by atoms with Crippen LogP contribution in [0.15, 0.2) is 0 Å². The molecule has 9 heavy (non-hydrogen) atoms. The molecule has 0 amide bonds. The third kappa shape index (κ3) is 5.39. The molecule has 0 aliphatic rings. The van der Waals surface area contributed by atoms with Gasteiger partial charge in [-0.1, -0.05) is 19.3 Å². The molecule has 0 aromatic heterocycles. The van der Waals surface area contributed by atoms with E-state index in [0.29, 0.717) is 12.7 Å². The summed E-state index contributed by atoms with van der Waals surface area (Å²) >= 11 is 0. The van der Waals surface area contributed by atoms with Crippen LogP contribution in [0.25, 0.3) is 0 Å². The molecular formula is C8H14O. The van der Waals surface area contributed by atoms with E-state index < -0.39 is 0 Å². The number of hydrogen-bond acceptors (Lipinski definition) is 1. The highest BCUT2D eigenvalue weighted by atomic mass is 16.5. The summed E-state index contributed by atoms with van der Waals surface area (Å²) in [6, 6.07) is 0. The minimum Gasteiger partial charge on any atom is -0.366 e. The molecule has 1 heteroatoms. The van der Waals surface area contributed by atoms with E-state index in [1.165, 1.54) is 0 Å². The standard InChI is InChI=1S/C8H14O/c1-4-6-8(3)9-7-5-2/h2,8H,4,6-7H2,1,3H3. The molecule has 0 aliphatic carbocycles. The fraction of sp³-hybridized carbons (Fsp3) is 0.750. The van der Waals surface area contributed by atoms with Gasteiger partial charge in [0.15, 0.2) is 0 Å². The Morgan fingerprint density at radius 1 is 1.67 bits per heavy atom. The van der Waals surface area contributed by atoms with Crippen LogP contribution >= 0.6 is 0 Å². The van der Waals surface area contributed by atoms with Gasteiger partial charge < -0.3 is 4.74 Å². The van der Waals surface area contributed by atoms with E-state index >= 15 is 0 Å². The Hall–Kier alpha value is -0.480. The summed E-state index contributed by atoms with van der Waals surface area (Å²) in [6.45, 7) is 4.62. The fourth-order valence-electron chi connectivity index (χ4n) is 0.680. The highest BCUT2D eigenvalue weighted by Gasteiger charge is 1.96. The molecule has 1 atom stereocenters.